The molecule has 2 aromatic heterocycles. The van der Waals surface area contributed by atoms with E-state index in [1.165, 1.54) is 0 Å². The molecule has 1 atom stereocenters. The largest absolute Gasteiger partial charge is 0.494 e. The number of aromatic nitrogens is 3. The van der Waals surface area contributed by atoms with E-state index in [2.05, 4.69) is 9.97 Å². The highest BCUT2D eigenvalue weighted by Gasteiger charge is 2.34. The number of rotatable bonds is 2. The van der Waals surface area contributed by atoms with Crippen molar-refractivity contribution in [1.29, 1.82) is 0 Å². The van der Waals surface area contributed by atoms with Gasteiger partial charge in [-0.3, -0.25) is 14.7 Å². The Bertz CT molecular complexity index is 1450. The van der Waals surface area contributed by atoms with Crippen LogP contribution in [-0.4, -0.2) is 38.1 Å². The third-order valence-electron chi connectivity index (χ3n) is 6.08. The van der Waals surface area contributed by atoms with Gasteiger partial charge in [0.2, 0.25) is 5.88 Å². The molecule has 0 fully saturated rings. The second kappa shape index (κ2) is 7.14. The maximum atomic E-state index is 12.9. The van der Waals surface area contributed by atoms with E-state index in [0.717, 1.165) is 38.7 Å². The van der Waals surface area contributed by atoms with Crippen LogP contribution in [0.25, 0.3) is 16.6 Å². The van der Waals surface area contributed by atoms with Crippen molar-refractivity contribution in [2.75, 3.05) is 13.6 Å². The molecule has 1 aliphatic rings. The first-order chi connectivity index (χ1) is 14.9. The fourth-order valence-electron chi connectivity index (χ4n) is 4.47. The second-order valence-corrected chi connectivity index (χ2v) is 8.37. The van der Waals surface area contributed by atoms with E-state index >= 15 is 0 Å². The van der Waals surface area contributed by atoms with Crippen molar-refractivity contribution < 1.29 is 5.11 Å². The van der Waals surface area contributed by atoms with Crippen molar-refractivity contribution in [3.8, 4) is 11.6 Å². The van der Waals surface area contributed by atoms with Crippen molar-refractivity contribution in [2.45, 2.75) is 19.4 Å². The summed E-state index contributed by atoms with van der Waals surface area (Å²) in [5.74, 6) is -0.392. The van der Waals surface area contributed by atoms with Gasteiger partial charge in [0.1, 0.15) is 5.56 Å². The molecule has 0 radical (unpaired) electrons. The molecule has 3 N–H and O–H groups in total. The Morgan fingerprint density at radius 2 is 1.90 bits per heavy atom. The van der Waals surface area contributed by atoms with Crippen LogP contribution in [0, 0.1) is 6.92 Å². The van der Waals surface area contributed by atoms with Crippen LogP contribution in [0.4, 0.5) is 0 Å². The number of aryl methyl sites for hydroxylation is 1. The molecule has 0 unspecified atom stereocenters. The first-order valence-corrected chi connectivity index (χ1v) is 10.4. The number of para-hydroxylation sites is 1. The molecule has 8 heteroatoms. The van der Waals surface area contributed by atoms with E-state index < -0.39 is 23.2 Å². The number of fused-ring (bicyclic) bond motifs is 3. The van der Waals surface area contributed by atoms with Crippen molar-refractivity contribution in [1.82, 2.24) is 19.4 Å². The summed E-state index contributed by atoms with van der Waals surface area (Å²) in [5.41, 5.74) is 2.95. The van der Waals surface area contributed by atoms with Gasteiger partial charge < -0.3 is 10.1 Å². The van der Waals surface area contributed by atoms with Crippen molar-refractivity contribution in [3.05, 3.63) is 90.7 Å². The smallest absolute Gasteiger partial charge is 0.335 e. The summed E-state index contributed by atoms with van der Waals surface area (Å²) < 4.78 is 1.09. The molecule has 31 heavy (non-hydrogen) atoms. The number of hydrogen-bond acceptors (Lipinski definition) is 4. The van der Waals surface area contributed by atoms with Crippen LogP contribution >= 0.6 is 11.6 Å². The number of aromatic hydroxyl groups is 1. The molecular formula is C23H21ClN4O3. The van der Waals surface area contributed by atoms with Gasteiger partial charge in [0.25, 0.3) is 5.56 Å². The van der Waals surface area contributed by atoms with Crippen LogP contribution in [0.3, 0.4) is 0 Å². The van der Waals surface area contributed by atoms with Crippen molar-refractivity contribution in [3.63, 3.8) is 0 Å². The van der Waals surface area contributed by atoms with Gasteiger partial charge in [-0.25, -0.2) is 9.36 Å². The van der Waals surface area contributed by atoms with Crippen molar-refractivity contribution >= 4 is 22.5 Å². The Balaban J connectivity index is 1.77. The summed E-state index contributed by atoms with van der Waals surface area (Å²) >= 11 is 6.24. The fourth-order valence-corrected chi connectivity index (χ4v) is 4.65. The summed E-state index contributed by atoms with van der Waals surface area (Å²) in [5, 5.41) is 12.8. The normalized spacial score (nSPS) is 16.5. The third-order valence-corrected chi connectivity index (χ3v) is 6.49. The molecular weight excluding hydrogens is 416 g/mol. The zero-order valence-electron chi connectivity index (χ0n) is 17.1. The molecule has 1 aliphatic heterocycles. The molecule has 7 nitrogen and oxygen atoms in total. The highest BCUT2D eigenvalue weighted by molar-refractivity contribution is 6.31. The van der Waals surface area contributed by atoms with Crippen LogP contribution in [0.2, 0.25) is 5.02 Å². The topological polar surface area (TPSA) is 94.1 Å². The summed E-state index contributed by atoms with van der Waals surface area (Å²) in [6, 6.07) is 12.5. The number of nitrogens with one attached hydrogen (secondary N) is 2. The maximum absolute atomic E-state index is 12.9. The number of benzene rings is 2. The van der Waals surface area contributed by atoms with Gasteiger partial charge in [-0.2, -0.15) is 0 Å². The summed E-state index contributed by atoms with van der Waals surface area (Å²) in [6.45, 7) is 2.55. The highest BCUT2D eigenvalue weighted by atomic mass is 35.5. The van der Waals surface area contributed by atoms with Gasteiger partial charge in [-0.15, -0.1) is 0 Å². The Morgan fingerprint density at radius 1 is 1.13 bits per heavy atom. The minimum Gasteiger partial charge on any atom is -0.494 e. The lowest BCUT2D eigenvalue weighted by atomic mass is 9.94. The molecule has 0 spiro atoms. The predicted molar refractivity (Wildman–Crippen MR) is 121 cm³/mol. The Morgan fingerprint density at radius 3 is 2.68 bits per heavy atom. The lowest BCUT2D eigenvalue weighted by Crippen LogP contribution is -2.39. The predicted octanol–water partition coefficient (Wildman–Crippen LogP) is 3.25. The lowest BCUT2D eigenvalue weighted by Gasteiger charge is -2.33. The first kappa shape index (κ1) is 19.7. The minimum absolute atomic E-state index is 0.117. The van der Waals surface area contributed by atoms with Crippen molar-refractivity contribution in [2.24, 2.45) is 0 Å². The van der Waals surface area contributed by atoms with Gasteiger partial charge in [0.15, 0.2) is 0 Å². The number of halogens is 1. The Labute approximate surface area is 182 Å². The zero-order valence-corrected chi connectivity index (χ0v) is 17.8. The van der Waals surface area contributed by atoms with E-state index in [0.29, 0.717) is 17.3 Å². The standard InChI is InChI=1S/C23H21ClN4O3/c1-12-7-8-13(11-16(12)24)28-22(30)18(21(29)26-23(28)31)20-19-15(9-10-27(20)2)14-5-3-4-6-17(14)25-19/h3-8,11,20,25,30H,9-10H2,1-2H3,(H,26,29,31)/t20-/m0/s1. The van der Waals surface area contributed by atoms with Crippen LogP contribution in [0.15, 0.2) is 52.1 Å². The molecule has 4 aromatic rings. The fraction of sp³-hybridized carbons (Fsp3) is 0.217. The third kappa shape index (κ3) is 3.00. The van der Waals surface area contributed by atoms with Crippen LogP contribution in [0.5, 0.6) is 5.88 Å². The number of likely N-dealkylation sites (N-methyl/N-ethyl adjacent to an activating group) is 1. The average Bonchev–Trinajstić information content (AvgIpc) is 3.10. The summed E-state index contributed by atoms with van der Waals surface area (Å²) in [7, 11) is 1.90. The maximum Gasteiger partial charge on any atom is 0.335 e. The van der Waals surface area contributed by atoms with Gasteiger partial charge in [0, 0.05) is 28.2 Å². The highest BCUT2D eigenvalue weighted by Crippen LogP contribution is 2.39. The molecule has 0 amide bonds. The van der Waals surface area contributed by atoms with E-state index in [1.807, 2.05) is 43.1 Å². The lowest BCUT2D eigenvalue weighted by molar-refractivity contribution is 0.252. The van der Waals surface area contributed by atoms with E-state index in [9.17, 15) is 14.7 Å². The van der Waals surface area contributed by atoms with E-state index in [4.69, 9.17) is 11.6 Å². The van der Waals surface area contributed by atoms with Gasteiger partial charge in [-0.05, 0) is 49.7 Å². The number of H-pyrrole nitrogens is 2. The van der Waals surface area contributed by atoms with Crippen LogP contribution in [-0.2, 0) is 6.42 Å². The second-order valence-electron chi connectivity index (χ2n) is 7.96. The summed E-state index contributed by atoms with van der Waals surface area (Å²) in [4.78, 5) is 33.4. The van der Waals surface area contributed by atoms with Crippen LogP contribution < -0.4 is 11.2 Å². The zero-order chi connectivity index (χ0) is 21.9. The quantitative estimate of drug-likeness (QED) is 0.449. The van der Waals surface area contributed by atoms with E-state index in [1.54, 1.807) is 18.2 Å². The number of aromatic amines is 2. The minimum atomic E-state index is -0.721. The molecule has 158 valence electrons. The number of hydrogen-bond donors (Lipinski definition) is 3. The molecule has 0 saturated carbocycles. The Hall–Kier alpha value is -3.29. The molecule has 3 heterocycles. The molecule has 2 aromatic carbocycles. The Kier molecular flexibility index (Phi) is 4.53. The average molecular weight is 437 g/mol. The molecule has 5 rings (SSSR count). The van der Waals surface area contributed by atoms with Gasteiger partial charge >= 0.3 is 5.69 Å². The van der Waals surface area contributed by atoms with Gasteiger partial charge in [-0.1, -0.05) is 35.9 Å². The SMILES string of the molecule is Cc1ccc(-n2c(O)c([C@H]3c4[nH]c5ccccc5c4CCN3C)c(=O)[nH]c2=O)cc1Cl. The molecule has 0 aliphatic carbocycles. The van der Waals surface area contributed by atoms with Gasteiger partial charge in [0.05, 0.1) is 11.7 Å². The molecule has 0 bridgehead atoms. The molecule has 0 saturated heterocycles. The number of nitrogens with zero attached hydrogens (tertiary/aromatic N) is 2. The summed E-state index contributed by atoms with van der Waals surface area (Å²) in [6.07, 6.45) is 0.818. The monoisotopic (exact) mass is 436 g/mol. The van der Waals surface area contributed by atoms with Crippen LogP contribution in [0.1, 0.15) is 28.4 Å². The first-order valence-electron chi connectivity index (χ1n) is 10.0. The van der Waals surface area contributed by atoms with E-state index in [-0.39, 0.29) is 5.56 Å².